The first kappa shape index (κ1) is 34.4. The predicted octanol–water partition coefficient (Wildman–Crippen LogP) is 6.71. The van der Waals surface area contributed by atoms with Gasteiger partial charge in [-0.25, -0.2) is 8.42 Å². The highest BCUT2D eigenvalue weighted by Crippen LogP contribution is 2.26. The highest BCUT2D eigenvalue weighted by Gasteiger charge is 2.32. The molecule has 0 radical (unpaired) electrons. The predicted molar refractivity (Wildman–Crippen MR) is 176 cm³/mol. The van der Waals surface area contributed by atoms with Crippen molar-refractivity contribution in [3.63, 3.8) is 0 Å². The Kier molecular flexibility index (Phi) is 11.7. The lowest BCUT2D eigenvalue weighted by Crippen LogP contribution is -2.54. The van der Waals surface area contributed by atoms with Gasteiger partial charge in [0.05, 0.1) is 11.9 Å². The molecule has 232 valence electrons. The highest BCUT2D eigenvalue weighted by molar-refractivity contribution is 7.92. The molecule has 0 aliphatic carbocycles. The number of carbonyl (C=O) groups excluding carboxylic acids is 2. The Labute approximate surface area is 266 Å². The molecule has 0 aliphatic rings. The minimum absolute atomic E-state index is 0.0240. The largest absolute Gasteiger partial charge is 0.350 e. The lowest BCUT2D eigenvalue weighted by atomic mass is 10.00. The molecule has 0 saturated carbocycles. The molecule has 1 atom stereocenters. The number of hydrogen-bond acceptors (Lipinski definition) is 4. The first-order valence-corrected chi connectivity index (χ1v) is 16.8. The molecule has 7 nitrogen and oxygen atoms in total. The van der Waals surface area contributed by atoms with Crippen molar-refractivity contribution in [3.05, 3.63) is 99.0 Å². The molecule has 0 aliphatic heterocycles. The first-order chi connectivity index (χ1) is 20.0. The fourth-order valence-electron chi connectivity index (χ4n) is 4.72. The molecule has 0 heterocycles. The monoisotopic (exact) mass is 645 g/mol. The van der Waals surface area contributed by atoms with Crippen LogP contribution in [0.4, 0.5) is 5.69 Å². The fraction of sp³-hybridized carbons (Fsp3) is 0.394. The third kappa shape index (κ3) is 10.3. The van der Waals surface area contributed by atoms with Gasteiger partial charge in [-0.3, -0.25) is 13.9 Å². The second kappa shape index (κ2) is 14.6. The van der Waals surface area contributed by atoms with Gasteiger partial charge < -0.3 is 10.2 Å². The summed E-state index contributed by atoms with van der Waals surface area (Å²) >= 11 is 12.7. The van der Waals surface area contributed by atoms with Gasteiger partial charge in [-0.05, 0) is 87.6 Å². The number of nitrogens with zero attached hydrogens (tertiary/aromatic N) is 2. The van der Waals surface area contributed by atoms with Gasteiger partial charge in [0.25, 0.3) is 0 Å². The molecule has 3 aromatic carbocycles. The molecular formula is C33H41Cl2N3O4S. The summed E-state index contributed by atoms with van der Waals surface area (Å²) in [6, 6.07) is 19.2. The summed E-state index contributed by atoms with van der Waals surface area (Å²) in [7, 11) is -3.60. The van der Waals surface area contributed by atoms with Crippen LogP contribution in [0.25, 0.3) is 0 Å². The number of sulfonamides is 1. The molecular weight excluding hydrogens is 605 g/mol. The summed E-state index contributed by atoms with van der Waals surface area (Å²) in [5.74, 6) is -0.577. The summed E-state index contributed by atoms with van der Waals surface area (Å²) in [6.07, 6.45) is 1.72. The van der Waals surface area contributed by atoms with E-state index in [4.69, 9.17) is 23.2 Å². The Morgan fingerprint density at radius 1 is 0.930 bits per heavy atom. The van der Waals surface area contributed by atoms with E-state index in [1.165, 1.54) is 4.31 Å². The second-order valence-corrected chi connectivity index (χ2v) is 14.7. The fourth-order valence-corrected chi connectivity index (χ4v) is 6.15. The molecule has 2 amide bonds. The van der Waals surface area contributed by atoms with Crippen LogP contribution in [0.3, 0.4) is 0 Å². The van der Waals surface area contributed by atoms with Crippen LogP contribution >= 0.6 is 23.2 Å². The van der Waals surface area contributed by atoms with Crippen molar-refractivity contribution in [1.82, 2.24) is 10.2 Å². The van der Waals surface area contributed by atoms with E-state index in [0.717, 1.165) is 22.9 Å². The average molecular weight is 647 g/mol. The Hall–Kier alpha value is -3.07. The minimum atomic E-state index is -3.60. The number of carbonyl (C=O) groups is 2. The van der Waals surface area contributed by atoms with Gasteiger partial charge in [0.1, 0.15) is 6.04 Å². The van der Waals surface area contributed by atoms with Crippen LogP contribution < -0.4 is 9.62 Å². The van der Waals surface area contributed by atoms with Gasteiger partial charge in [-0.2, -0.15) is 0 Å². The third-order valence-corrected chi connectivity index (χ3v) is 8.84. The van der Waals surface area contributed by atoms with Crippen molar-refractivity contribution < 1.29 is 18.0 Å². The quantitative estimate of drug-likeness (QED) is 0.237. The van der Waals surface area contributed by atoms with Gasteiger partial charge in [0, 0.05) is 41.5 Å². The Bertz CT molecular complexity index is 1540. The molecule has 3 rings (SSSR count). The van der Waals surface area contributed by atoms with Gasteiger partial charge in [-0.15, -0.1) is 0 Å². The smallest absolute Gasteiger partial charge is 0.243 e. The van der Waals surface area contributed by atoms with E-state index >= 15 is 0 Å². The Balaban J connectivity index is 1.94. The third-order valence-electron chi connectivity index (χ3n) is 7.06. The van der Waals surface area contributed by atoms with Crippen LogP contribution in [0.1, 0.15) is 55.9 Å². The lowest BCUT2D eigenvalue weighted by molar-refractivity contribution is -0.142. The van der Waals surface area contributed by atoms with Gasteiger partial charge >= 0.3 is 0 Å². The van der Waals surface area contributed by atoms with Crippen molar-refractivity contribution >= 4 is 50.7 Å². The van der Waals surface area contributed by atoms with E-state index in [2.05, 4.69) is 5.32 Å². The molecule has 0 aromatic heterocycles. The van der Waals surface area contributed by atoms with Crippen LogP contribution in [0.15, 0.2) is 66.7 Å². The zero-order chi connectivity index (χ0) is 31.9. The number of rotatable bonds is 12. The van der Waals surface area contributed by atoms with E-state index in [1.54, 1.807) is 29.2 Å². The van der Waals surface area contributed by atoms with Crippen molar-refractivity contribution in [2.45, 2.75) is 72.0 Å². The van der Waals surface area contributed by atoms with Gasteiger partial charge in [0.15, 0.2) is 0 Å². The van der Waals surface area contributed by atoms with Crippen molar-refractivity contribution in [3.8, 4) is 0 Å². The number of anilines is 1. The zero-order valence-corrected chi connectivity index (χ0v) is 28.0. The Morgan fingerprint density at radius 2 is 1.60 bits per heavy atom. The number of halogens is 2. The number of hydrogen-bond donors (Lipinski definition) is 1. The maximum atomic E-state index is 14.0. The topological polar surface area (TPSA) is 86.8 Å². The molecule has 43 heavy (non-hydrogen) atoms. The van der Waals surface area contributed by atoms with Crippen molar-refractivity contribution in [1.29, 1.82) is 0 Å². The minimum Gasteiger partial charge on any atom is -0.350 e. The van der Waals surface area contributed by atoms with Crippen molar-refractivity contribution in [2.75, 3.05) is 17.1 Å². The number of aryl methyl sites for hydroxylation is 2. The molecule has 0 bridgehead atoms. The lowest BCUT2D eigenvalue weighted by Gasteiger charge is -2.34. The zero-order valence-electron chi connectivity index (χ0n) is 25.7. The van der Waals surface area contributed by atoms with Crippen LogP contribution in [0.5, 0.6) is 0 Å². The summed E-state index contributed by atoms with van der Waals surface area (Å²) in [6.45, 7) is 9.75. The Morgan fingerprint density at radius 3 is 2.19 bits per heavy atom. The maximum absolute atomic E-state index is 14.0. The molecule has 0 fully saturated rings. The van der Waals surface area contributed by atoms with Crippen LogP contribution in [0, 0.1) is 13.8 Å². The van der Waals surface area contributed by atoms with E-state index < -0.39 is 21.6 Å². The van der Waals surface area contributed by atoms with E-state index in [9.17, 15) is 18.0 Å². The average Bonchev–Trinajstić information content (AvgIpc) is 2.90. The van der Waals surface area contributed by atoms with Gasteiger partial charge in [0.2, 0.25) is 21.8 Å². The maximum Gasteiger partial charge on any atom is 0.243 e. The molecule has 0 unspecified atom stereocenters. The van der Waals surface area contributed by atoms with E-state index in [1.807, 2.05) is 77.1 Å². The second-order valence-electron chi connectivity index (χ2n) is 11.9. The first-order valence-electron chi connectivity index (χ1n) is 14.2. The molecule has 0 spiro atoms. The normalized spacial score (nSPS) is 12.5. The van der Waals surface area contributed by atoms with Crippen LogP contribution in [-0.4, -0.2) is 49.5 Å². The number of nitrogens with one attached hydrogen (secondary N) is 1. The summed E-state index contributed by atoms with van der Waals surface area (Å²) in [4.78, 5) is 29.3. The van der Waals surface area contributed by atoms with Crippen LogP contribution in [-0.2, 0) is 32.6 Å². The summed E-state index contributed by atoms with van der Waals surface area (Å²) in [5.41, 5.74) is 3.60. The summed E-state index contributed by atoms with van der Waals surface area (Å²) < 4.78 is 26.8. The standard InChI is InChI=1S/C33H41Cl2N3O4S/c1-23-14-17-28(19-24(23)2)38(43(6,41)42)18-10-13-31(39)37(22-26-15-16-27(34)21-29(26)35)30(32(40)36-33(3,4)5)20-25-11-8-7-9-12-25/h7-9,11-12,14-17,19,21,30H,10,13,18,20,22H2,1-6H3,(H,36,40)/t30-/m0/s1. The summed E-state index contributed by atoms with van der Waals surface area (Å²) in [5, 5.41) is 3.89. The molecule has 3 aromatic rings. The highest BCUT2D eigenvalue weighted by atomic mass is 35.5. The van der Waals surface area contributed by atoms with Crippen molar-refractivity contribution in [2.24, 2.45) is 0 Å². The van der Waals surface area contributed by atoms with E-state index in [-0.39, 0.29) is 44.2 Å². The van der Waals surface area contributed by atoms with Crippen LogP contribution in [0.2, 0.25) is 10.0 Å². The van der Waals surface area contributed by atoms with E-state index in [0.29, 0.717) is 21.3 Å². The number of amides is 2. The SMILES string of the molecule is Cc1ccc(N(CCCC(=O)N(Cc2ccc(Cl)cc2Cl)[C@@H](Cc2ccccc2)C(=O)NC(C)(C)C)S(C)(=O)=O)cc1C. The molecule has 1 N–H and O–H groups in total. The number of benzene rings is 3. The van der Waals surface area contributed by atoms with Gasteiger partial charge in [-0.1, -0.05) is 65.7 Å². The molecule has 10 heteroatoms. The molecule has 0 saturated heterocycles.